The zero-order valence-corrected chi connectivity index (χ0v) is 12.5. The minimum absolute atomic E-state index is 0.129. The molecule has 0 radical (unpaired) electrons. The molecule has 0 atom stereocenters. The van der Waals surface area contributed by atoms with Crippen LogP contribution in [-0.2, 0) is 6.54 Å². The predicted molar refractivity (Wildman–Crippen MR) is 85.2 cm³/mol. The second-order valence-electron chi connectivity index (χ2n) is 4.99. The van der Waals surface area contributed by atoms with Crippen LogP contribution in [0.1, 0.15) is 22.8 Å². The number of nitrogens with zero attached hydrogens (tertiary/aromatic N) is 3. The lowest BCUT2D eigenvalue weighted by Gasteiger charge is -1.99. The third kappa shape index (κ3) is 3.26. The smallest absolute Gasteiger partial charge is 0.189 e. The van der Waals surface area contributed by atoms with E-state index in [-0.39, 0.29) is 11.6 Å². The first-order valence-corrected chi connectivity index (χ1v) is 7.21. The minimum atomic E-state index is -0.298. The summed E-state index contributed by atoms with van der Waals surface area (Å²) in [7, 11) is 0. The third-order valence-corrected chi connectivity index (χ3v) is 3.46. The van der Waals surface area contributed by atoms with E-state index in [1.165, 1.54) is 18.2 Å². The van der Waals surface area contributed by atoms with Crippen LogP contribution in [-0.4, -0.2) is 25.8 Å². The Morgan fingerprint density at radius 1 is 1.30 bits per heavy atom. The van der Waals surface area contributed by atoms with Gasteiger partial charge in [-0.25, -0.2) is 4.39 Å². The van der Waals surface area contributed by atoms with Crippen LogP contribution in [0, 0.1) is 5.82 Å². The van der Waals surface area contributed by atoms with Crippen LogP contribution in [0.2, 0.25) is 0 Å². The lowest BCUT2D eigenvalue weighted by molar-refractivity contribution is 0.104. The summed E-state index contributed by atoms with van der Waals surface area (Å²) in [6, 6.07) is 6.09. The predicted octanol–water partition coefficient (Wildman–Crippen LogP) is 3.33. The average molecular weight is 310 g/mol. The first kappa shape index (κ1) is 14.9. The van der Waals surface area contributed by atoms with Crippen LogP contribution < -0.4 is 0 Å². The molecule has 3 aromatic rings. The van der Waals surface area contributed by atoms with Gasteiger partial charge in [0.1, 0.15) is 5.82 Å². The Morgan fingerprint density at radius 3 is 2.78 bits per heavy atom. The van der Waals surface area contributed by atoms with Gasteiger partial charge in [-0.2, -0.15) is 10.2 Å². The number of aromatic nitrogens is 4. The molecule has 0 bridgehead atoms. The van der Waals surface area contributed by atoms with Crippen molar-refractivity contribution in [3.63, 3.8) is 0 Å². The van der Waals surface area contributed by atoms with E-state index in [0.29, 0.717) is 12.1 Å². The number of hydrogen-bond donors (Lipinski definition) is 1. The summed E-state index contributed by atoms with van der Waals surface area (Å²) in [4.78, 5) is 12.1. The molecule has 0 aliphatic rings. The summed E-state index contributed by atoms with van der Waals surface area (Å²) in [5.74, 6) is -0.426. The number of halogens is 1. The fourth-order valence-electron chi connectivity index (χ4n) is 2.20. The standard InChI is InChI=1S/C17H15FN4O/c1-2-22-11-14(10-20-22)16(23)8-5-13-9-19-21-17(13)12-3-6-15(18)7-4-12/h3-11H,2H2,1H3,(H,19,21). The molecule has 1 N–H and O–H groups in total. The van der Waals surface area contributed by atoms with Crippen molar-refractivity contribution in [1.82, 2.24) is 20.0 Å². The van der Waals surface area contributed by atoms with Gasteiger partial charge in [0.25, 0.3) is 0 Å². The highest BCUT2D eigenvalue weighted by atomic mass is 19.1. The quantitative estimate of drug-likeness (QED) is 0.581. The average Bonchev–Trinajstić information content (AvgIpc) is 3.22. The maximum atomic E-state index is 13.0. The molecule has 2 heterocycles. The third-order valence-electron chi connectivity index (χ3n) is 3.46. The number of aryl methyl sites for hydroxylation is 1. The minimum Gasteiger partial charge on any atom is -0.289 e. The summed E-state index contributed by atoms with van der Waals surface area (Å²) in [5, 5.41) is 10.9. The molecule has 3 rings (SSSR count). The summed E-state index contributed by atoms with van der Waals surface area (Å²) in [6.07, 6.45) is 8.05. The first-order valence-electron chi connectivity index (χ1n) is 7.21. The molecule has 5 nitrogen and oxygen atoms in total. The van der Waals surface area contributed by atoms with Crippen molar-refractivity contribution in [1.29, 1.82) is 0 Å². The SMILES string of the molecule is CCn1cc(C(=O)C=Cc2cn[nH]c2-c2ccc(F)cc2)cn1. The molecule has 0 fully saturated rings. The number of hydrogen-bond acceptors (Lipinski definition) is 3. The van der Waals surface area contributed by atoms with Gasteiger partial charge in [0.05, 0.1) is 23.7 Å². The molecule has 0 amide bonds. The molecule has 0 spiro atoms. The van der Waals surface area contributed by atoms with Gasteiger partial charge in [-0.05, 0) is 43.3 Å². The van der Waals surface area contributed by atoms with E-state index >= 15 is 0 Å². The van der Waals surface area contributed by atoms with Crippen molar-refractivity contribution >= 4 is 11.9 Å². The van der Waals surface area contributed by atoms with E-state index in [0.717, 1.165) is 16.8 Å². The highest BCUT2D eigenvalue weighted by Crippen LogP contribution is 2.22. The Balaban J connectivity index is 1.82. The molecule has 1 aromatic carbocycles. The Morgan fingerprint density at radius 2 is 2.09 bits per heavy atom. The summed E-state index contributed by atoms with van der Waals surface area (Å²) in [5.41, 5.74) is 2.83. The van der Waals surface area contributed by atoms with Gasteiger partial charge in [-0.15, -0.1) is 0 Å². The molecular formula is C17H15FN4O. The first-order chi connectivity index (χ1) is 11.2. The van der Waals surface area contributed by atoms with E-state index in [2.05, 4.69) is 15.3 Å². The molecule has 0 saturated heterocycles. The zero-order chi connectivity index (χ0) is 16.2. The van der Waals surface area contributed by atoms with Crippen LogP contribution in [0.3, 0.4) is 0 Å². The number of rotatable bonds is 5. The molecule has 0 aliphatic carbocycles. The Bertz CT molecular complexity index is 846. The van der Waals surface area contributed by atoms with Crippen molar-refractivity contribution < 1.29 is 9.18 Å². The lowest BCUT2D eigenvalue weighted by Crippen LogP contribution is -1.94. The van der Waals surface area contributed by atoms with E-state index < -0.39 is 0 Å². The van der Waals surface area contributed by atoms with E-state index in [1.807, 2.05) is 6.92 Å². The number of carbonyl (C=O) groups is 1. The second-order valence-corrected chi connectivity index (χ2v) is 4.99. The highest BCUT2D eigenvalue weighted by molar-refractivity contribution is 6.06. The number of aromatic amines is 1. The molecule has 116 valence electrons. The van der Waals surface area contributed by atoms with Crippen LogP contribution in [0.15, 0.2) is 48.9 Å². The normalized spacial score (nSPS) is 11.2. The number of nitrogens with one attached hydrogen (secondary N) is 1. The largest absolute Gasteiger partial charge is 0.289 e. The van der Waals surface area contributed by atoms with Crippen molar-refractivity contribution in [3.8, 4) is 11.3 Å². The summed E-state index contributed by atoms with van der Waals surface area (Å²) >= 11 is 0. The van der Waals surface area contributed by atoms with Crippen molar-refractivity contribution in [2.75, 3.05) is 0 Å². The zero-order valence-electron chi connectivity index (χ0n) is 12.5. The van der Waals surface area contributed by atoms with Crippen molar-refractivity contribution in [2.24, 2.45) is 0 Å². The Kier molecular flexibility index (Phi) is 4.14. The fraction of sp³-hybridized carbons (Fsp3) is 0.118. The molecule has 2 aromatic heterocycles. The maximum absolute atomic E-state index is 13.0. The summed E-state index contributed by atoms with van der Waals surface area (Å²) in [6.45, 7) is 2.67. The molecule has 0 unspecified atom stereocenters. The lowest BCUT2D eigenvalue weighted by atomic mass is 10.1. The van der Waals surface area contributed by atoms with Crippen LogP contribution in [0.4, 0.5) is 4.39 Å². The van der Waals surface area contributed by atoms with E-state index in [9.17, 15) is 9.18 Å². The molecule has 23 heavy (non-hydrogen) atoms. The van der Waals surface area contributed by atoms with Gasteiger partial charge < -0.3 is 0 Å². The second kappa shape index (κ2) is 6.39. The van der Waals surface area contributed by atoms with Gasteiger partial charge >= 0.3 is 0 Å². The molecule has 6 heteroatoms. The highest BCUT2D eigenvalue weighted by Gasteiger charge is 2.08. The number of H-pyrrole nitrogens is 1. The van der Waals surface area contributed by atoms with Gasteiger partial charge in [-0.1, -0.05) is 0 Å². The number of benzene rings is 1. The number of allylic oxidation sites excluding steroid dienone is 1. The molecular weight excluding hydrogens is 295 g/mol. The van der Waals surface area contributed by atoms with Gasteiger partial charge in [0.15, 0.2) is 5.78 Å². The van der Waals surface area contributed by atoms with E-state index in [1.54, 1.807) is 41.5 Å². The topological polar surface area (TPSA) is 63.6 Å². The monoisotopic (exact) mass is 310 g/mol. The van der Waals surface area contributed by atoms with Crippen molar-refractivity contribution in [2.45, 2.75) is 13.5 Å². The maximum Gasteiger partial charge on any atom is 0.189 e. The Hall–Kier alpha value is -3.02. The van der Waals surface area contributed by atoms with Gasteiger partial charge in [0.2, 0.25) is 0 Å². The molecule has 0 saturated carbocycles. The van der Waals surface area contributed by atoms with Crippen LogP contribution in [0.25, 0.3) is 17.3 Å². The van der Waals surface area contributed by atoms with Crippen LogP contribution >= 0.6 is 0 Å². The van der Waals surface area contributed by atoms with E-state index in [4.69, 9.17) is 0 Å². The molecule has 0 aliphatic heterocycles. The fourth-order valence-corrected chi connectivity index (χ4v) is 2.20. The number of carbonyl (C=O) groups excluding carboxylic acids is 1. The van der Waals surface area contributed by atoms with Crippen molar-refractivity contribution in [3.05, 3.63) is 65.9 Å². The van der Waals surface area contributed by atoms with Gasteiger partial charge in [0, 0.05) is 23.9 Å². The number of ketones is 1. The van der Waals surface area contributed by atoms with Gasteiger partial charge in [-0.3, -0.25) is 14.6 Å². The summed E-state index contributed by atoms with van der Waals surface area (Å²) < 4.78 is 14.7. The Labute approximate surface area is 132 Å². The van der Waals surface area contributed by atoms with Crippen LogP contribution in [0.5, 0.6) is 0 Å².